The van der Waals surface area contributed by atoms with E-state index in [1.165, 1.54) is 38.5 Å². The van der Waals surface area contributed by atoms with Gasteiger partial charge in [0.05, 0.1) is 40.3 Å². The summed E-state index contributed by atoms with van der Waals surface area (Å²) in [5, 5.41) is 11.6. The number of carbonyl (C=O) groups is 3. The average molecular weight is 698 g/mol. The van der Waals surface area contributed by atoms with Gasteiger partial charge in [-0.15, -0.1) is 0 Å². The van der Waals surface area contributed by atoms with Crippen LogP contribution in [0, 0.1) is 0 Å². The van der Waals surface area contributed by atoms with Gasteiger partial charge in [0, 0.05) is 19.3 Å². The van der Waals surface area contributed by atoms with Gasteiger partial charge in [-0.1, -0.05) is 131 Å². The molecule has 0 heterocycles. The van der Waals surface area contributed by atoms with Crippen molar-refractivity contribution in [2.45, 2.75) is 122 Å². The van der Waals surface area contributed by atoms with Crippen molar-refractivity contribution >= 4 is 17.9 Å². The number of likely N-dealkylation sites (N-methyl/N-ethyl adjacent to an activating group) is 1. The molecule has 0 aromatic carbocycles. The molecule has 282 valence electrons. The number of aliphatic carboxylic acids is 1. The van der Waals surface area contributed by atoms with Crippen LogP contribution in [-0.2, 0) is 28.6 Å². The number of hydrogen-bond acceptors (Lipinski definition) is 7. The molecule has 0 spiro atoms. The van der Waals surface area contributed by atoms with Gasteiger partial charge in [-0.3, -0.25) is 9.59 Å². The molecule has 0 saturated carbocycles. The number of carboxylic acid groups (broad SMARTS) is 1. The molecule has 0 rings (SSSR count). The molecule has 2 atom stereocenters. The van der Waals surface area contributed by atoms with Gasteiger partial charge in [0.1, 0.15) is 12.6 Å². The predicted octanol–water partition coefficient (Wildman–Crippen LogP) is 8.07. The second-order valence-electron chi connectivity index (χ2n) is 13.2. The lowest BCUT2D eigenvalue weighted by Gasteiger charge is -2.34. The lowest BCUT2D eigenvalue weighted by Crippen LogP contribution is -2.55. The summed E-state index contributed by atoms with van der Waals surface area (Å²) >= 11 is 0. The Kier molecular flexibility index (Phi) is 30.4. The number of esters is 2. The number of rotatable bonds is 31. The van der Waals surface area contributed by atoms with E-state index in [-0.39, 0.29) is 49.5 Å². The van der Waals surface area contributed by atoms with Crippen LogP contribution in [0.1, 0.15) is 110 Å². The van der Waals surface area contributed by atoms with E-state index < -0.39 is 24.1 Å². The first-order valence-electron chi connectivity index (χ1n) is 18.7. The van der Waals surface area contributed by atoms with Crippen LogP contribution in [-0.4, -0.2) is 75.5 Å². The van der Waals surface area contributed by atoms with E-state index in [2.05, 4.69) is 32.1 Å². The first-order chi connectivity index (χ1) is 24.1. The van der Waals surface area contributed by atoms with Crippen molar-refractivity contribution in [1.29, 1.82) is 0 Å². The number of unbranched alkanes of at least 4 members (excludes halogenated alkanes) is 7. The maximum atomic E-state index is 12.6. The molecule has 50 heavy (non-hydrogen) atoms. The SMILES string of the molecule is CC/C=C/C=C/C=C/C=C/C=C/CCCC(=O)OCC(COCCC(C(=O)[O-])[N+](C)(C)C)OC(=O)CC/C=C/C/C=C/CCCCCCCC. The molecule has 0 N–H and O–H groups in total. The molecule has 0 aliphatic heterocycles. The molecule has 0 saturated heterocycles. The summed E-state index contributed by atoms with van der Waals surface area (Å²) in [4.78, 5) is 36.6. The highest BCUT2D eigenvalue weighted by atomic mass is 16.6. The Bertz CT molecular complexity index is 1090. The van der Waals surface area contributed by atoms with E-state index in [4.69, 9.17) is 14.2 Å². The number of carboxylic acids is 1. The standard InChI is InChI=1S/C42H67NO7/c1-6-8-10-12-14-16-18-20-22-24-26-28-30-32-40(44)49-37-38(36-48-35-34-39(42(46)47)43(3,4)5)50-41(45)33-31-29-27-25-23-21-19-17-15-13-11-9-7-2/h8,10,12,14,16,18,20-24,26-27,29,38-39H,6-7,9,11,13,15,17,19,25,28,30-37H2,1-5H3/b10-8+,14-12+,18-16+,22-20+,23-21+,26-24+,29-27+. The zero-order chi connectivity index (χ0) is 37.1. The Labute approximate surface area is 303 Å². The summed E-state index contributed by atoms with van der Waals surface area (Å²) in [5.74, 6) is -1.93. The highest BCUT2D eigenvalue weighted by Gasteiger charge is 2.25. The van der Waals surface area contributed by atoms with Crippen molar-refractivity contribution in [2.75, 3.05) is 41.0 Å². The minimum Gasteiger partial charge on any atom is -0.544 e. The largest absolute Gasteiger partial charge is 0.544 e. The third-order valence-electron chi connectivity index (χ3n) is 7.66. The lowest BCUT2D eigenvalue weighted by molar-refractivity contribution is -0.889. The zero-order valence-corrected chi connectivity index (χ0v) is 31.8. The van der Waals surface area contributed by atoms with Gasteiger partial charge in [0.2, 0.25) is 0 Å². The Hall–Kier alpha value is -3.49. The van der Waals surface area contributed by atoms with Gasteiger partial charge in [0.15, 0.2) is 6.10 Å². The normalized spacial score (nSPS) is 14.0. The van der Waals surface area contributed by atoms with Crippen LogP contribution in [0.4, 0.5) is 0 Å². The molecule has 0 bridgehead atoms. The summed E-state index contributed by atoms with van der Waals surface area (Å²) in [6.07, 6.45) is 40.7. The third-order valence-corrected chi connectivity index (χ3v) is 7.66. The fourth-order valence-corrected chi connectivity index (χ4v) is 4.74. The van der Waals surface area contributed by atoms with E-state index in [1.54, 1.807) is 21.1 Å². The number of hydrogen-bond donors (Lipinski definition) is 0. The molecule has 0 amide bonds. The van der Waals surface area contributed by atoms with E-state index in [9.17, 15) is 19.5 Å². The summed E-state index contributed by atoms with van der Waals surface area (Å²) in [7, 11) is 5.34. The van der Waals surface area contributed by atoms with Crippen LogP contribution in [0.25, 0.3) is 0 Å². The summed E-state index contributed by atoms with van der Waals surface area (Å²) in [5.41, 5.74) is 0. The topological polar surface area (TPSA) is 102 Å². The van der Waals surface area contributed by atoms with Gasteiger partial charge in [-0.2, -0.15) is 0 Å². The first kappa shape index (κ1) is 46.5. The fraction of sp³-hybridized carbons (Fsp3) is 0.595. The maximum absolute atomic E-state index is 12.6. The minimum atomic E-state index is -1.15. The van der Waals surface area contributed by atoms with Crippen LogP contribution in [0.2, 0.25) is 0 Å². The van der Waals surface area contributed by atoms with Crippen molar-refractivity contribution in [3.8, 4) is 0 Å². The zero-order valence-electron chi connectivity index (χ0n) is 31.8. The number of nitrogens with zero attached hydrogens (tertiary/aromatic N) is 1. The van der Waals surface area contributed by atoms with Gasteiger partial charge in [-0.05, 0) is 44.9 Å². The fourth-order valence-electron chi connectivity index (χ4n) is 4.74. The summed E-state index contributed by atoms with van der Waals surface area (Å²) < 4.78 is 16.9. The molecule has 0 aliphatic carbocycles. The number of allylic oxidation sites excluding steroid dienone is 14. The highest BCUT2D eigenvalue weighted by Crippen LogP contribution is 2.10. The van der Waals surface area contributed by atoms with Crippen LogP contribution >= 0.6 is 0 Å². The molecule has 0 aromatic heterocycles. The van der Waals surface area contributed by atoms with Crippen LogP contribution in [0.5, 0.6) is 0 Å². The van der Waals surface area contributed by atoms with E-state index >= 15 is 0 Å². The molecular weight excluding hydrogens is 630 g/mol. The molecular formula is C42H67NO7. The Morgan fingerprint density at radius 1 is 0.640 bits per heavy atom. The molecule has 2 unspecified atom stereocenters. The predicted molar refractivity (Wildman–Crippen MR) is 203 cm³/mol. The van der Waals surface area contributed by atoms with Crippen molar-refractivity contribution in [1.82, 2.24) is 0 Å². The number of ether oxygens (including phenoxy) is 3. The molecule has 0 aromatic rings. The van der Waals surface area contributed by atoms with Crippen LogP contribution in [0.15, 0.2) is 85.1 Å². The second kappa shape index (κ2) is 32.7. The quantitative estimate of drug-likeness (QED) is 0.0237. The maximum Gasteiger partial charge on any atom is 0.306 e. The van der Waals surface area contributed by atoms with Gasteiger partial charge >= 0.3 is 11.9 Å². The van der Waals surface area contributed by atoms with E-state index in [0.717, 1.165) is 25.7 Å². The van der Waals surface area contributed by atoms with Crippen molar-refractivity contribution in [3.63, 3.8) is 0 Å². The third kappa shape index (κ3) is 30.6. The molecule has 8 heteroatoms. The van der Waals surface area contributed by atoms with Crippen molar-refractivity contribution in [3.05, 3.63) is 85.1 Å². The van der Waals surface area contributed by atoms with Gasteiger partial charge in [0.25, 0.3) is 0 Å². The lowest BCUT2D eigenvalue weighted by atomic mass is 10.1. The van der Waals surface area contributed by atoms with Gasteiger partial charge < -0.3 is 28.6 Å². The van der Waals surface area contributed by atoms with Gasteiger partial charge in [-0.25, -0.2) is 0 Å². The first-order valence-corrected chi connectivity index (χ1v) is 18.7. The Balaban J connectivity index is 4.67. The molecule has 0 fully saturated rings. The van der Waals surface area contributed by atoms with E-state index in [1.807, 2.05) is 66.8 Å². The molecule has 0 aliphatic rings. The summed E-state index contributed by atoms with van der Waals surface area (Å²) in [6.45, 7) is 4.32. The highest BCUT2D eigenvalue weighted by molar-refractivity contribution is 5.70. The number of quaternary nitrogens is 1. The number of carbonyl (C=O) groups excluding carboxylic acids is 3. The van der Waals surface area contributed by atoms with Crippen LogP contribution < -0.4 is 5.11 Å². The molecule has 8 nitrogen and oxygen atoms in total. The monoisotopic (exact) mass is 697 g/mol. The summed E-state index contributed by atoms with van der Waals surface area (Å²) in [6, 6.07) is -0.748. The van der Waals surface area contributed by atoms with Crippen LogP contribution in [0.3, 0.4) is 0 Å². The van der Waals surface area contributed by atoms with Crippen molar-refractivity contribution in [2.24, 2.45) is 0 Å². The Morgan fingerprint density at radius 3 is 1.88 bits per heavy atom. The molecule has 0 radical (unpaired) electrons. The minimum absolute atomic E-state index is 0.0100. The Morgan fingerprint density at radius 2 is 1.24 bits per heavy atom. The second-order valence-corrected chi connectivity index (χ2v) is 13.2. The van der Waals surface area contributed by atoms with E-state index in [0.29, 0.717) is 12.8 Å². The van der Waals surface area contributed by atoms with Crippen molar-refractivity contribution < 1.29 is 38.2 Å². The smallest absolute Gasteiger partial charge is 0.306 e. The average Bonchev–Trinajstić information content (AvgIpc) is 3.06.